The lowest BCUT2D eigenvalue weighted by Crippen LogP contribution is -2.58. The molecule has 0 aromatic heterocycles. The Morgan fingerprint density at radius 1 is 1.17 bits per heavy atom. The van der Waals surface area contributed by atoms with E-state index in [1.165, 1.54) is 0 Å². The van der Waals surface area contributed by atoms with Gasteiger partial charge in [0.25, 0.3) is 0 Å². The molecule has 1 saturated heterocycles. The van der Waals surface area contributed by atoms with Crippen molar-refractivity contribution in [1.82, 2.24) is 5.32 Å². The summed E-state index contributed by atoms with van der Waals surface area (Å²) in [7, 11) is -1.86. The summed E-state index contributed by atoms with van der Waals surface area (Å²) in [6.07, 6.45) is -0.280. The van der Waals surface area contributed by atoms with E-state index in [2.05, 4.69) is 44.9 Å². The fourth-order valence-corrected chi connectivity index (χ4v) is 4.72. The van der Waals surface area contributed by atoms with Crippen molar-refractivity contribution in [3.63, 3.8) is 0 Å². The molecule has 1 aliphatic rings. The third kappa shape index (κ3) is 5.34. The van der Waals surface area contributed by atoms with Crippen LogP contribution < -0.4 is 5.32 Å². The molecular weight excluding hydrogens is 394 g/mol. The van der Waals surface area contributed by atoms with Gasteiger partial charge in [-0.05, 0) is 31.4 Å². The second kappa shape index (κ2) is 8.21. The maximum Gasteiger partial charge on any atom is 0.408 e. The Labute approximate surface area is 182 Å². The number of carbonyl (C=O) groups is 2. The van der Waals surface area contributed by atoms with E-state index in [1.807, 2.05) is 37.3 Å². The molecule has 2 atom stereocenters. The summed E-state index contributed by atoms with van der Waals surface area (Å²) >= 11 is 0. The number of amides is 1. The fraction of sp³-hybridized carbons (Fsp3) is 0.583. The minimum atomic E-state index is -1.86. The molecular formula is C24H37NO4Si. The first-order chi connectivity index (χ1) is 13.6. The van der Waals surface area contributed by atoms with Crippen molar-refractivity contribution in [2.24, 2.45) is 5.92 Å². The number of alkyl carbamates (subject to hydrolysis) is 1. The van der Waals surface area contributed by atoms with Crippen molar-refractivity contribution >= 4 is 20.1 Å². The summed E-state index contributed by atoms with van der Waals surface area (Å²) in [6, 6.07) is 9.68. The van der Waals surface area contributed by atoms with Gasteiger partial charge in [-0.1, -0.05) is 76.8 Å². The molecule has 0 saturated carbocycles. The molecule has 6 heteroatoms. The quantitative estimate of drug-likeness (QED) is 0.496. The molecule has 1 aromatic carbocycles. The zero-order valence-corrected chi connectivity index (χ0v) is 20.9. The lowest BCUT2D eigenvalue weighted by Gasteiger charge is -2.35. The Morgan fingerprint density at radius 3 is 2.23 bits per heavy atom. The van der Waals surface area contributed by atoms with Gasteiger partial charge < -0.3 is 14.8 Å². The van der Waals surface area contributed by atoms with Crippen LogP contribution in [-0.2, 0) is 20.7 Å². The average Bonchev–Trinajstić information content (AvgIpc) is 2.77. The predicted molar refractivity (Wildman–Crippen MR) is 123 cm³/mol. The number of nitrogens with one attached hydrogen (secondary N) is 1. The second-order valence-electron chi connectivity index (χ2n) is 10.9. The molecule has 1 fully saturated rings. The van der Waals surface area contributed by atoms with E-state index in [4.69, 9.17) is 9.47 Å². The Morgan fingerprint density at radius 2 is 1.73 bits per heavy atom. The Hall–Kier alpha value is -2.08. The molecule has 1 amide bonds. The van der Waals surface area contributed by atoms with Gasteiger partial charge >= 0.3 is 12.1 Å². The minimum Gasteiger partial charge on any atom is -0.444 e. The number of cyclic esters (lactones) is 1. The van der Waals surface area contributed by atoms with Crippen LogP contribution in [-0.4, -0.2) is 31.3 Å². The molecule has 0 bridgehead atoms. The predicted octanol–water partition coefficient (Wildman–Crippen LogP) is 5.62. The van der Waals surface area contributed by atoms with Crippen LogP contribution in [0.2, 0.25) is 18.1 Å². The standard InChI is InChI=1S/C24H37NO4Si/c1-17-19(16-30(8,9)23(5,6)7)28-20(26)24(17,15-18-13-11-10-12-14-18)25-21(27)29-22(2,3)4/h10-14,16-17H,15H2,1-9H3,(H,25,27)/b19-16-/t17-,24+/m1/s1. The van der Waals surface area contributed by atoms with E-state index in [0.717, 1.165) is 5.56 Å². The van der Waals surface area contributed by atoms with Crippen molar-refractivity contribution in [3.8, 4) is 0 Å². The van der Waals surface area contributed by atoms with E-state index >= 15 is 0 Å². The molecule has 0 aliphatic carbocycles. The van der Waals surface area contributed by atoms with Crippen LogP contribution in [0.1, 0.15) is 54.0 Å². The van der Waals surface area contributed by atoms with E-state index in [0.29, 0.717) is 12.2 Å². The van der Waals surface area contributed by atoms with Gasteiger partial charge in [0.1, 0.15) is 11.4 Å². The largest absolute Gasteiger partial charge is 0.444 e. The molecule has 0 radical (unpaired) electrons. The van der Waals surface area contributed by atoms with E-state index in [-0.39, 0.29) is 11.0 Å². The Bertz CT molecular complexity index is 818. The zero-order valence-electron chi connectivity index (χ0n) is 19.9. The summed E-state index contributed by atoms with van der Waals surface area (Å²) in [5.41, 5.74) is 1.24. The normalized spacial score (nSPS) is 24.0. The topological polar surface area (TPSA) is 64.6 Å². The number of carbonyl (C=O) groups excluding carboxylic acids is 2. The minimum absolute atomic E-state index is 0.107. The van der Waals surface area contributed by atoms with E-state index < -0.39 is 31.3 Å². The van der Waals surface area contributed by atoms with Crippen LogP contribution in [0.3, 0.4) is 0 Å². The molecule has 0 spiro atoms. The number of esters is 1. The highest BCUT2D eigenvalue weighted by Crippen LogP contribution is 2.43. The van der Waals surface area contributed by atoms with Gasteiger partial charge in [0.2, 0.25) is 0 Å². The molecule has 1 heterocycles. The lowest BCUT2D eigenvalue weighted by atomic mass is 9.81. The number of ether oxygens (including phenoxy) is 2. The van der Waals surface area contributed by atoms with Crippen LogP contribution in [0.4, 0.5) is 4.79 Å². The highest BCUT2D eigenvalue weighted by Gasteiger charge is 2.55. The van der Waals surface area contributed by atoms with E-state index in [1.54, 1.807) is 20.8 Å². The van der Waals surface area contributed by atoms with Crippen LogP contribution >= 0.6 is 0 Å². The molecule has 1 aromatic rings. The summed E-state index contributed by atoms with van der Waals surface area (Å²) in [5, 5.41) is 3.00. The maximum atomic E-state index is 13.2. The van der Waals surface area contributed by atoms with Crippen molar-refractivity contribution < 1.29 is 19.1 Å². The first kappa shape index (κ1) is 24.2. The Balaban J connectivity index is 2.47. The van der Waals surface area contributed by atoms with Crippen molar-refractivity contribution in [2.75, 3.05) is 0 Å². The third-order valence-electron chi connectivity index (χ3n) is 6.23. The van der Waals surface area contributed by atoms with Crippen molar-refractivity contribution in [1.29, 1.82) is 0 Å². The third-order valence-corrected chi connectivity index (χ3v) is 11.1. The zero-order chi connectivity index (χ0) is 23.0. The van der Waals surface area contributed by atoms with Crippen LogP contribution in [0.5, 0.6) is 0 Å². The van der Waals surface area contributed by atoms with Crippen molar-refractivity contribution in [2.45, 2.75) is 84.2 Å². The summed E-state index contributed by atoms with van der Waals surface area (Å²) in [6.45, 7) is 18.5. The van der Waals surface area contributed by atoms with Crippen LogP contribution in [0.25, 0.3) is 0 Å². The van der Waals surface area contributed by atoms with Gasteiger partial charge in [0.05, 0.1) is 8.07 Å². The second-order valence-corrected chi connectivity index (χ2v) is 16.1. The number of benzene rings is 1. The molecule has 1 aliphatic heterocycles. The molecule has 2 rings (SSSR count). The van der Waals surface area contributed by atoms with Gasteiger partial charge in [0.15, 0.2) is 5.54 Å². The van der Waals surface area contributed by atoms with Gasteiger partial charge in [-0.2, -0.15) is 0 Å². The first-order valence-corrected chi connectivity index (χ1v) is 13.7. The van der Waals surface area contributed by atoms with Gasteiger partial charge in [-0.15, -0.1) is 0 Å². The monoisotopic (exact) mass is 431 g/mol. The fourth-order valence-electron chi connectivity index (χ4n) is 3.27. The molecule has 166 valence electrons. The molecule has 1 N–H and O–H groups in total. The number of rotatable bonds is 4. The summed E-state index contributed by atoms with van der Waals surface area (Å²) < 4.78 is 11.3. The van der Waals surface area contributed by atoms with Crippen molar-refractivity contribution in [3.05, 3.63) is 47.4 Å². The van der Waals surface area contributed by atoms with Crippen LogP contribution in [0, 0.1) is 5.92 Å². The Kier molecular flexibility index (Phi) is 6.62. The highest BCUT2D eigenvalue weighted by molar-refractivity contribution is 6.84. The summed E-state index contributed by atoms with van der Waals surface area (Å²) in [5.74, 6) is -0.0971. The smallest absolute Gasteiger partial charge is 0.408 e. The average molecular weight is 432 g/mol. The maximum absolute atomic E-state index is 13.2. The highest BCUT2D eigenvalue weighted by atomic mass is 28.3. The number of hydrogen-bond donors (Lipinski definition) is 1. The SMILES string of the molecule is C[C@@H]1/C(=C/[Si](C)(C)C(C)(C)C)OC(=O)[C@@]1(Cc1ccccc1)NC(=O)OC(C)(C)C. The lowest BCUT2D eigenvalue weighted by molar-refractivity contribution is -0.141. The summed E-state index contributed by atoms with van der Waals surface area (Å²) in [4.78, 5) is 25.9. The first-order valence-electron chi connectivity index (χ1n) is 10.6. The molecule has 5 nitrogen and oxygen atoms in total. The van der Waals surface area contributed by atoms with Gasteiger partial charge in [0, 0.05) is 12.3 Å². The van der Waals surface area contributed by atoms with Gasteiger partial charge in [-0.3, -0.25) is 0 Å². The van der Waals surface area contributed by atoms with Crippen LogP contribution in [0.15, 0.2) is 41.8 Å². The number of hydrogen-bond acceptors (Lipinski definition) is 4. The molecule has 0 unspecified atom stereocenters. The molecule has 30 heavy (non-hydrogen) atoms. The van der Waals surface area contributed by atoms with E-state index in [9.17, 15) is 9.59 Å². The van der Waals surface area contributed by atoms with Gasteiger partial charge in [-0.25, -0.2) is 9.59 Å².